The van der Waals surface area contributed by atoms with Crippen LogP contribution in [0.5, 0.6) is 0 Å². The summed E-state index contributed by atoms with van der Waals surface area (Å²) in [6.45, 7) is 0. The van der Waals surface area contributed by atoms with Gasteiger partial charge in [-0.2, -0.15) is 0 Å². The van der Waals surface area contributed by atoms with E-state index in [2.05, 4.69) is 0 Å². The van der Waals surface area contributed by atoms with Gasteiger partial charge >= 0.3 is 35.2 Å². The normalized spacial score (nSPS) is 47.6. The van der Waals surface area contributed by atoms with Crippen molar-refractivity contribution in [3.05, 3.63) is 0 Å². The van der Waals surface area contributed by atoms with E-state index in [-0.39, 0.29) is 22.2 Å². The fraction of sp³-hybridized carbons (Fsp3) is 1.00. The average molecular weight is 465 g/mol. The Labute approximate surface area is 171 Å². The van der Waals surface area contributed by atoms with E-state index in [4.69, 9.17) is 34.2 Å². The molecule has 160 valence electrons. The van der Waals surface area contributed by atoms with Crippen LogP contribution in [0.25, 0.3) is 0 Å². The van der Waals surface area contributed by atoms with Crippen LogP contribution in [-0.2, 0) is 34.2 Å². The van der Waals surface area contributed by atoms with Crippen molar-refractivity contribution in [2.75, 3.05) is 28.4 Å². The van der Waals surface area contributed by atoms with Gasteiger partial charge in [0.25, 0.3) is 0 Å². The predicted octanol–water partition coefficient (Wildman–Crippen LogP) is 3.06. The first-order valence-corrected chi connectivity index (χ1v) is 17.7. The molecule has 0 aromatic rings. The van der Waals surface area contributed by atoms with E-state index in [0.29, 0.717) is 0 Å². The van der Waals surface area contributed by atoms with Gasteiger partial charge in [-0.1, -0.05) is 0 Å². The number of hydrogen-bond donors (Lipinski definition) is 0. The van der Waals surface area contributed by atoms with Crippen molar-refractivity contribution >= 4 is 35.2 Å². The Kier molecular flexibility index (Phi) is 5.14. The van der Waals surface area contributed by atoms with Crippen molar-refractivity contribution < 1.29 is 34.2 Å². The maximum Gasteiger partial charge on any atom is 0.489 e. The maximum absolute atomic E-state index is 6.90. The quantitative estimate of drug-likeness (QED) is 0.508. The highest BCUT2D eigenvalue weighted by Crippen LogP contribution is 2.60. The summed E-state index contributed by atoms with van der Waals surface area (Å²) < 4.78 is 52.0. The second-order valence-corrected chi connectivity index (χ2v) is 21.7. The van der Waals surface area contributed by atoms with Crippen LogP contribution in [0, 0.1) is 0 Å². The van der Waals surface area contributed by atoms with Gasteiger partial charge in [-0.25, -0.2) is 0 Å². The van der Waals surface area contributed by atoms with E-state index in [9.17, 15) is 0 Å². The van der Waals surface area contributed by atoms with E-state index in [1.165, 1.54) is 0 Å². The van der Waals surface area contributed by atoms with Crippen LogP contribution in [0.3, 0.4) is 0 Å². The first kappa shape index (κ1) is 20.5. The van der Waals surface area contributed by atoms with E-state index in [0.717, 1.165) is 51.4 Å². The predicted molar refractivity (Wildman–Crippen MR) is 107 cm³/mol. The molecule has 8 nitrogen and oxygen atoms in total. The Morgan fingerprint density at radius 3 is 0.714 bits per heavy atom. The van der Waals surface area contributed by atoms with E-state index >= 15 is 0 Å². The summed E-state index contributed by atoms with van der Waals surface area (Å²) in [5, 5.41) is 0. The van der Waals surface area contributed by atoms with Crippen LogP contribution in [0.1, 0.15) is 51.4 Å². The molecule has 4 saturated carbocycles. The minimum Gasteiger partial charge on any atom is -0.378 e. The molecule has 0 bridgehead atoms. The van der Waals surface area contributed by atoms with Gasteiger partial charge < -0.3 is 34.2 Å². The van der Waals surface area contributed by atoms with Gasteiger partial charge in [-0.3, -0.25) is 0 Å². The van der Waals surface area contributed by atoms with E-state index in [1.54, 1.807) is 28.4 Å². The van der Waals surface area contributed by atoms with Crippen LogP contribution in [0.2, 0.25) is 22.2 Å². The van der Waals surface area contributed by atoms with Crippen molar-refractivity contribution in [2.24, 2.45) is 0 Å². The van der Waals surface area contributed by atoms with Crippen LogP contribution in [0.15, 0.2) is 0 Å². The summed E-state index contributed by atoms with van der Waals surface area (Å²) in [5.74, 6) is 0. The third-order valence-corrected chi connectivity index (χ3v) is 24.3. The maximum atomic E-state index is 6.90. The molecule has 0 aromatic heterocycles. The van der Waals surface area contributed by atoms with Crippen LogP contribution < -0.4 is 0 Å². The van der Waals surface area contributed by atoms with Gasteiger partial charge in [-0.15, -0.1) is 0 Å². The van der Waals surface area contributed by atoms with Crippen molar-refractivity contribution in [3.8, 4) is 0 Å². The highest BCUT2D eigenvalue weighted by molar-refractivity contribution is 6.91. The lowest BCUT2D eigenvalue weighted by Gasteiger charge is -2.49. The van der Waals surface area contributed by atoms with Crippen LogP contribution in [-0.4, -0.2) is 63.7 Å². The topological polar surface area (TPSA) is 73.8 Å². The van der Waals surface area contributed by atoms with Gasteiger partial charge in [0.05, 0.1) is 0 Å². The molecule has 12 heteroatoms. The minimum atomic E-state index is -3.06. The molecule has 1 aliphatic heterocycles. The molecule has 0 radical (unpaired) electrons. The molecule has 0 atom stereocenters. The average Bonchev–Trinajstić information content (AvgIpc) is 3.52. The summed E-state index contributed by atoms with van der Waals surface area (Å²) >= 11 is 0. The fourth-order valence-electron chi connectivity index (χ4n) is 4.29. The number of rotatable bonds is 8. The van der Waals surface area contributed by atoms with Gasteiger partial charge in [0.1, 0.15) is 0 Å². The molecular formula is C16H32O8Si4. The summed E-state index contributed by atoms with van der Waals surface area (Å²) in [5.41, 5.74) is 1.13. The Hall–Kier alpha value is 0.548. The highest BCUT2D eigenvalue weighted by atomic mass is 28.6. The monoisotopic (exact) mass is 464 g/mol. The highest BCUT2D eigenvalue weighted by Gasteiger charge is 2.77. The number of hydrogen-bond acceptors (Lipinski definition) is 8. The summed E-state index contributed by atoms with van der Waals surface area (Å²) in [4.78, 5) is 0. The molecule has 0 unspecified atom stereocenters. The smallest absolute Gasteiger partial charge is 0.378 e. The van der Waals surface area contributed by atoms with Gasteiger partial charge in [0.15, 0.2) is 0 Å². The molecule has 5 aliphatic rings. The molecule has 28 heavy (non-hydrogen) atoms. The van der Waals surface area contributed by atoms with Gasteiger partial charge in [0.2, 0.25) is 0 Å². The molecule has 0 spiro atoms. The Bertz CT molecular complexity index is 495. The molecule has 0 N–H and O–H groups in total. The van der Waals surface area contributed by atoms with Crippen molar-refractivity contribution in [1.82, 2.24) is 0 Å². The third-order valence-electron chi connectivity index (χ3n) is 6.59. The van der Waals surface area contributed by atoms with Crippen molar-refractivity contribution in [1.29, 1.82) is 0 Å². The zero-order chi connectivity index (χ0) is 19.6. The Balaban J connectivity index is 1.60. The fourth-order valence-corrected chi connectivity index (χ4v) is 25.6. The molecule has 1 saturated heterocycles. The molecule has 0 aromatic carbocycles. The van der Waals surface area contributed by atoms with E-state index in [1.807, 2.05) is 0 Å². The third kappa shape index (κ3) is 3.29. The zero-order valence-electron chi connectivity index (χ0n) is 17.2. The lowest BCUT2D eigenvalue weighted by atomic mass is 11.0. The summed E-state index contributed by atoms with van der Waals surface area (Å²) in [6, 6.07) is 0. The first-order valence-electron chi connectivity index (χ1n) is 10.5. The molecule has 0 amide bonds. The largest absolute Gasteiger partial charge is 0.489 e. The molecule has 5 rings (SSSR count). The second kappa shape index (κ2) is 7.03. The minimum absolute atomic E-state index is 0.281. The molecule has 1 heterocycles. The lowest BCUT2D eigenvalue weighted by Crippen LogP contribution is -2.73. The van der Waals surface area contributed by atoms with Crippen LogP contribution >= 0.6 is 0 Å². The zero-order valence-corrected chi connectivity index (χ0v) is 21.2. The van der Waals surface area contributed by atoms with Crippen molar-refractivity contribution in [3.63, 3.8) is 0 Å². The van der Waals surface area contributed by atoms with Gasteiger partial charge in [0, 0.05) is 50.6 Å². The summed E-state index contributed by atoms with van der Waals surface area (Å²) in [6.07, 6.45) is 8.39. The van der Waals surface area contributed by atoms with Crippen LogP contribution in [0.4, 0.5) is 0 Å². The lowest BCUT2D eigenvalue weighted by molar-refractivity contribution is 0.0330. The SMILES string of the molecule is CO[Si]1(C2CC2)O[Si](OC)(C2CC2)O[Si](OC)(C2CC2)O[Si](OC)(C2CC2)O1. The molecule has 4 aliphatic carbocycles. The Morgan fingerprint density at radius 2 is 0.607 bits per heavy atom. The standard InChI is InChI=1S/C16H32O8Si4/c1-17-25(13-5-6-13)21-26(18-2,14-7-8-14)23-28(20-4,16-11-12-16)24-27(19-3,22-25)15-9-10-15/h13-16H,5-12H2,1-4H3. The van der Waals surface area contributed by atoms with Gasteiger partial charge in [-0.05, 0) is 51.4 Å². The first-order chi connectivity index (χ1) is 13.5. The molecule has 5 fully saturated rings. The summed E-state index contributed by atoms with van der Waals surface area (Å²) in [7, 11) is -5.43. The molecular weight excluding hydrogens is 433 g/mol. The second-order valence-electron chi connectivity index (χ2n) is 8.74. The van der Waals surface area contributed by atoms with E-state index < -0.39 is 35.2 Å². The van der Waals surface area contributed by atoms with Crippen molar-refractivity contribution in [2.45, 2.75) is 73.5 Å². The Morgan fingerprint density at radius 1 is 0.429 bits per heavy atom.